The van der Waals surface area contributed by atoms with E-state index in [1.165, 1.54) is 12.4 Å². The molecule has 1 aromatic heterocycles. The van der Waals surface area contributed by atoms with Gasteiger partial charge in [0.1, 0.15) is 25.5 Å². The third-order valence-electron chi connectivity index (χ3n) is 1.72. The summed E-state index contributed by atoms with van der Waals surface area (Å²) in [6.45, 7) is 0.459. The van der Waals surface area contributed by atoms with Gasteiger partial charge < -0.3 is 14.9 Å². The van der Waals surface area contributed by atoms with Crippen LogP contribution in [0.4, 0.5) is 10.3 Å². The maximum absolute atomic E-state index is 13.2. The molecule has 0 radical (unpaired) electrons. The summed E-state index contributed by atoms with van der Waals surface area (Å²) >= 11 is 0. The fourth-order valence-electron chi connectivity index (χ4n) is 1.09. The minimum absolute atomic E-state index is 0.274. The normalized spacial score (nSPS) is 12.1. The molecule has 16 heavy (non-hydrogen) atoms. The number of nitro groups is 1. The Morgan fingerprint density at radius 1 is 1.81 bits per heavy atom. The molecule has 8 heteroatoms. The molecule has 0 aliphatic heterocycles. The van der Waals surface area contributed by atoms with Crippen molar-refractivity contribution in [2.75, 3.05) is 6.61 Å². The molecule has 88 valence electrons. The van der Waals surface area contributed by atoms with E-state index in [0.717, 1.165) is 11.5 Å². The summed E-state index contributed by atoms with van der Waals surface area (Å²) in [5.41, 5.74) is 0. The minimum Gasteiger partial charge on any atom is -0.463 e. The first-order chi connectivity index (χ1) is 7.50. The zero-order chi connectivity index (χ0) is 12.1. The van der Waals surface area contributed by atoms with Gasteiger partial charge in [-0.3, -0.25) is 4.79 Å². The molecule has 0 aliphatic carbocycles. The van der Waals surface area contributed by atoms with Gasteiger partial charge >= 0.3 is 11.9 Å². The Labute approximate surface area is 90.0 Å². The van der Waals surface area contributed by atoms with E-state index in [1.54, 1.807) is 0 Å². The molecule has 0 fully saturated rings. The van der Waals surface area contributed by atoms with Crippen molar-refractivity contribution >= 4 is 11.9 Å². The van der Waals surface area contributed by atoms with Gasteiger partial charge in [0.15, 0.2) is 6.17 Å². The number of aromatic nitrogens is 2. The fraction of sp³-hybridized carbons (Fsp3) is 0.500. The first-order valence-electron chi connectivity index (χ1n) is 4.43. The van der Waals surface area contributed by atoms with Crippen LogP contribution in [0, 0.1) is 10.1 Å². The molecule has 0 N–H and O–H groups in total. The number of esters is 1. The number of nitrogens with zero attached hydrogens (tertiary/aromatic N) is 3. The average Bonchev–Trinajstić information content (AvgIpc) is 2.62. The molecule has 0 aromatic carbocycles. The van der Waals surface area contributed by atoms with Gasteiger partial charge in [0.25, 0.3) is 0 Å². The maximum Gasteiger partial charge on any atom is 0.434 e. The Bertz CT molecular complexity index is 392. The Balaban J connectivity index is 2.55. The predicted molar refractivity (Wildman–Crippen MR) is 50.4 cm³/mol. The predicted octanol–water partition coefficient (Wildman–Crippen LogP) is 0.692. The summed E-state index contributed by atoms with van der Waals surface area (Å²) < 4.78 is 18.7. The van der Waals surface area contributed by atoms with Crippen molar-refractivity contribution in [3.63, 3.8) is 0 Å². The Morgan fingerprint density at radius 3 is 3.06 bits per heavy atom. The van der Waals surface area contributed by atoms with E-state index in [2.05, 4.69) is 9.72 Å². The third-order valence-corrected chi connectivity index (χ3v) is 1.72. The van der Waals surface area contributed by atoms with Crippen LogP contribution in [0.3, 0.4) is 0 Å². The summed E-state index contributed by atoms with van der Waals surface area (Å²) in [7, 11) is 0. The number of rotatable bonds is 5. The molecule has 0 saturated carbocycles. The van der Waals surface area contributed by atoms with E-state index in [1.807, 2.05) is 0 Å². The van der Waals surface area contributed by atoms with Crippen molar-refractivity contribution in [1.29, 1.82) is 0 Å². The lowest BCUT2D eigenvalue weighted by Crippen LogP contribution is -2.19. The topological polar surface area (TPSA) is 87.3 Å². The minimum atomic E-state index is -1.50. The largest absolute Gasteiger partial charge is 0.463 e. The number of ether oxygens (including phenoxy) is 1. The number of halogens is 1. The maximum atomic E-state index is 13.2. The monoisotopic (exact) mass is 231 g/mol. The van der Waals surface area contributed by atoms with Gasteiger partial charge in [-0.2, -0.15) is 0 Å². The van der Waals surface area contributed by atoms with Gasteiger partial charge in [0.05, 0.1) is 0 Å². The molecular formula is C8H10FN3O4. The van der Waals surface area contributed by atoms with Crippen molar-refractivity contribution in [3.8, 4) is 0 Å². The quantitative estimate of drug-likeness (QED) is 0.422. The highest BCUT2D eigenvalue weighted by molar-refractivity contribution is 5.65. The zero-order valence-corrected chi connectivity index (χ0v) is 8.50. The molecule has 1 heterocycles. The second-order valence-electron chi connectivity index (χ2n) is 3.04. The van der Waals surface area contributed by atoms with Crippen molar-refractivity contribution in [3.05, 3.63) is 22.5 Å². The van der Waals surface area contributed by atoms with E-state index in [9.17, 15) is 19.3 Å². The lowest BCUT2D eigenvalue weighted by atomic mass is 10.4. The van der Waals surface area contributed by atoms with Crippen molar-refractivity contribution in [1.82, 2.24) is 9.55 Å². The van der Waals surface area contributed by atoms with Gasteiger partial charge in [-0.1, -0.05) is 4.98 Å². The molecule has 1 rings (SSSR count). The third kappa shape index (κ3) is 3.30. The molecule has 1 aromatic rings. The van der Waals surface area contributed by atoms with Gasteiger partial charge in [-0.25, -0.2) is 8.96 Å². The molecular weight excluding hydrogens is 221 g/mol. The number of carbonyl (C=O) groups excluding carboxylic acids is 1. The lowest BCUT2D eigenvalue weighted by molar-refractivity contribution is -0.396. The molecule has 0 saturated heterocycles. The Morgan fingerprint density at radius 2 is 2.50 bits per heavy atom. The number of hydrogen-bond acceptors (Lipinski definition) is 5. The summed E-state index contributed by atoms with van der Waals surface area (Å²) in [5.74, 6) is -1.03. The van der Waals surface area contributed by atoms with E-state index in [4.69, 9.17) is 0 Å². The van der Waals surface area contributed by atoms with E-state index in [0.29, 0.717) is 0 Å². The molecule has 1 unspecified atom stereocenters. The molecule has 7 nitrogen and oxygen atoms in total. The van der Waals surface area contributed by atoms with Gasteiger partial charge in [0.2, 0.25) is 0 Å². The van der Waals surface area contributed by atoms with Crippen LogP contribution >= 0.6 is 0 Å². The van der Waals surface area contributed by atoms with Crippen molar-refractivity contribution in [2.24, 2.45) is 0 Å². The van der Waals surface area contributed by atoms with Crippen LogP contribution in [0.15, 0.2) is 12.4 Å². The SMILES string of the molecule is CC(=O)OCC(F)Cn1ccnc1[N+](=O)[O-]. The van der Waals surface area contributed by atoms with Crippen LogP contribution in [0.5, 0.6) is 0 Å². The highest BCUT2D eigenvalue weighted by Gasteiger charge is 2.19. The summed E-state index contributed by atoms with van der Waals surface area (Å²) in [5, 5.41) is 10.4. The highest BCUT2D eigenvalue weighted by Crippen LogP contribution is 2.09. The second kappa shape index (κ2) is 5.19. The summed E-state index contributed by atoms with van der Waals surface area (Å²) in [6.07, 6.45) is 0.992. The standard InChI is InChI=1S/C8H10FN3O4/c1-6(13)16-5-7(9)4-11-3-2-10-8(11)12(14)15/h2-3,7H,4-5H2,1H3. The number of imidazole rings is 1. The Hall–Kier alpha value is -1.99. The van der Waals surface area contributed by atoms with Crippen LogP contribution in [-0.2, 0) is 16.1 Å². The van der Waals surface area contributed by atoms with Crippen LogP contribution in [-0.4, -0.2) is 33.2 Å². The van der Waals surface area contributed by atoms with E-state index >= 15 is 0 Å². The smallest absolute Gasteiger partial charge is 0.434 e. The second-order valence-corrected chi connectivity index (χ2v) is 3.04. The van der Waals surface area contributed by atoms with Crippen LogP contribution in [0.1, 0.15) is 6.92 Å². The molecule has 0 aliphatic rings. The Kier molecular flexibility index (Phi) is 3.92. The highest BCUT2D eigenvalue weighted by atomic mass is 19.1. The number of hydrogen-bond donors (Lipinski definition) is 0. The van der Waals surface area contributed by atoms with Gasteiger partial charge in [0, 0.05) is 6.92 Å². The average molecular weight is 231 g/mol. The number of carbonyl (C=O) groups is 1. The van der Waals surface area contributed by atoms with E-state index < -0.39 is 29.6 Å². The van der Waals surface area contributed by atoms with Crippen molar-refractivity contribution in [2.45, 2.75) is 19.6 Å². The fourth-order valence-corrected chi connectivity index (χ4v) is 1.09. The van der Waals surface area contributed by atoms with Crippen LogP contribution in [0.2, 0.25) is 0 Å². The zero-order valence-electron chi connectivity index (χ0n) is 8.50. The van der Waals surface area contributed by atoms with Crippen molar-refractivity contribution < 1.29 is 18.8 Å². The van der Waals surface area contributed by atoms with Crippen LogP contribution < -0.4 is 0 Å². The first-order valence-corrected chi connectivity index (χ1v) is 4.43. The van der Waals surface area contributed by atoms with E-state index in [-0.39, 0.29) is 6.54 Å². The van der Waals surface area contributed by atoms with Gasteiger partial charge in [-0.15, -0.1) is 0 Å². The van der Waals surface area contributed by atoms with Crippen LogP contribution in [0.25, 0.3) is 0 Å². The molecule has 1 atom stereocenters. The summed E-state index contributed by atoms with van der Waals surface area (Å²) in [6, 6.07) is 0. The molecule has 0 bridgehead atoms. The van der Waals surface area contributed by atoms with Gasteiger partial charge in [-0.05, 0) is 4.92 Å². The molecule has 0 amide bonds. The number of alkyl halides is 1. The first kappa shape index (κ1) is 12.1. The molecule has 0 spiro atoms. The lowest BCUT2D eigenvalue weighted by Gasteiger charge is -2.07. The summed E-state index contributed by atoms with van der Waals surface area (Å²) in [4.78, 5) is 23.6.